The van der Waals surface area contributed by atoms with Gasteiger partial charge in [0.15, 0.2) is 0 Å². The van der Waals surface area contributed by atoms with E-state index in [0.29, 0.717) is 11.4 Å². The quantitative estimate of drug-likeness (QED) is 0.688. The maximum atomic E-state index is 5.98. The van der Waals surface area contributed by atoms with Crippen molar-refractivity contribution in [2.45, 2.75) is 44.0 Å². The summed E-state index contributed by atoms with van der Waals surface area (Å²) in [6.07, 6.45) is 4.75. The van der Waals surface area contributed by atoms with Crippen molar-refractivity contribution in [3.05, 3.63) is 0 Å². The summed E-state index contributed by atoms with van der Waals surface area (Å²) >= 11 is 8.95. The topological polar surface area (TPSA) is 12.0 Å². The molecule has 0 aliphatic heterocycles. The van der Waals surface area contributed by atoms with Crippen LogP contribution in [0.25, 0.3) is 0 Å². The van der Waals surface area contributed by atoms with Gasteiger partial charge in [0.2, 0.25) is 0 Å². The van der Waals surface area contributed by atoms with Gasteiger partial charge in [0, 0.05) is 0 Å². The van der Waals surface area contributed by atoms with Crippen LogP contribution < -0.4 is 5.32 Å². The zero-order valence-electron chi connectivity index (χ0n) is 6.77. The first kappa shape index (κ1) is 9.74. The normalized spacial score (nSPS) is 31.8. The second kappa shape index (κ2) is 4.62. The van der Waals surface area contributed by atoms with Crippen LogP contribution in [0.1, 0.15) is 32.6 Å². The third kappa shape index (κ3) is 3.71. The number of halogens is 1. The first-order chi connectivity index (χ1) is 5.18. The molecular weight excluding hydrogens is 198 g/mol. The van der Waals surface area contributed by atoms with Crippen LogP contribution in [-0.4, -0.2) is 15.9 Å². The molecular formula is C8H14ClCrN. The van der Waals surface area contributed by atoms with Gasteiger partial charge in [-0.15, -0.1) is 0 Å². The predicted molar refractivity (Wildman–Crippen MR) is 45.7 cm³/mol. The average molecular weight is 212 g/mol. The van der Waals surface area contributed by atoms with Gasteiger partial charge in [-0.1, -0.05) is 0 Å². The van der Waals surface area contributed by atoms with Crippen LogP contribution in [0.3, 0.4) is 0 Å². The summed E-state index contributed by atoms with van der Waals surface area (Å²) < 4.78 is 1.20. The van der Waals surface area contributed by atoms with E-state index in [2.05, 4.69) is 28.1 Å². The van der Waals surface area contributed by atoms with Gasteiger partial charge in [-0.3, -0.25) is 0 Å². The summed E-state index contributed by atoms with van der Waals surface area (Å²) in [5.41, 5.74) is 0. The molecule has 0 amide bonds. The fourth-order valence-corrected chi connectivity index (χ4v) is 2.00. The van der Waals surface area contributed by atoms with E-state index in [0.717, 1.165) is 12.8 Å². The zero-order valence-corrected chi connectivity index (χ0v) is 8.80. The minimum absolute atomic E-state index is 0.425. The van der Waals surface area contributed by atoms with E-state index >= 15 is 0 Å². The molecule has 64 valence electrons. The van der Waals surface area contributed by atoms with Gasteiger partial charge in [0.25, 0.3) is 0 Å². The van der Waals surface area contributed by atoms with Crippen LogP contribution in [0.15, 0.2) is 0 Å². The Hall–Kier alpha value is 0.652. The molecule has 1 nitrogen and oxygen atoms in total. The third-order valence-corrected chi connectivity index (χ3v) is 2.68. The van der Waals surface area contributed by atoms with Crippen LogP contribution in [-0.2, 0) is 15.9 Å². The number of rotatable bonds is 2. The molecule has 1 fully saturated rings. The Morgan fingerprint density at radius 1 is 1.36 bits per heavy atom. The average Bonchev–Trinajstić information content (AvgIpc) is 1.93. The summed E-state index contributed by atoms with van der Waals surface area (Å²) in [5, 5.41) is 3.83. The number of hydrogen-bond donors (Lipinski definition) is 1. The number of alkyl halides is 1. The van der Waals surface area contributed by atoms with Crippen molar-refractivity contribution in [3.8, 4) is 0 Å². The molecule has 0 aromatic carbocycles. The molecule has 0 aromatic heterocycles. The molecule has 11 heavy (non-hydrogen) atoms. The molecule has 0 unspecified atom stereocenters. The van der Waals surface area contributed by atoms with Gasteiger partial charge >= 0.3 is 81.3 Å². The molecule has 0 atom stereocenters. The summed E-state index contributed by atoms with van der Waals surface area (Å²) in [6, 6.07) is 0.659. The molecule has 1 rings (SSSR count). The van der Waals surface area contributed by atoms with Crippen LogP contribution in [0.5, 0.6) is 0 Å². The van der Waals surface area contributed by atoms with Gasteiger partial charge in [0.1, 0.15) is 0 Å². The second-order valence-corrected chi connectivity index (χ2v) is 4.72. The van der Waals surface area contributed by atoms with E-state index in [1.807, 2.05) is 0 Å². The Morgan fingerprint density at radius 2 is 1.91 bits per heavy atom. The second-order valence-electron chi connectivity index (χ2n) is 3.15. The third-order valence-electron chi connectivity index (χ3n) is 2.06. The molecule has 0 aromatic rings. The standard InChI is InChI=1S/C8H14ClN.Cr/c1-2-10-8-5-3-7(9)4-6-8;/h7-8,10H,3-6H2,1H3;. The molecule has 1 aliphatic rings. The number of nitrogens with one attached hydrogen (secondary N) is 1. The zero-order chi connectivity index (χ0) is 8.27. The maximum absolute atomic E-state index is 5.98. The summed E-state index contributed by atoms with van der Waals surface area (Å²) in [4.78, 5) is 0. The number of hydrogen-bond acceptors (Lipinski definition) is 1. The minimum atomic E-state index is 0.425. The predicted octanol–water partition coefficient (Wildman–Crippen LogP) is 1.82. The van der Waals surface area contributed by atoms with E-state index in [4.69, 9.17) is 11.6 Å². The Kier molecular flexibility index (Phi) is 4.09. The summed E-state index contributed by atoms with van der Waals surface area (Å²) in [6.45, 7) is 2.06. The first-order valence-corrected chi connectivity index (χ1v) is 5.17. The van der Waals surface area contributed by atoms with Crippen molar-refractivity contribution in [2.24, 2.45) is 0 Å². The molecule has 0 saturated heterocycles. The molecule has 0 radical (unpaired) electrons. The van der Waals surface area contributed by atoms with Gasteiger partial charge in [-0.25, -0.2) is 0 Å². The van der Waals surface area contributed by atoms with Crippen molar-refractivity contribution < 1.29 is 15.9 Å². The fourth-order valence-electron chi connectivity index (χ4n) is 1.48. The molecule has 1 N–H and O–H groups in total. The van der Waals surface area contributed by atoms with Crippen molar-refractivity contribution in [1.29, 1.82) is 0 Å². The van der Waals surface area contributed by atoms with Crippen LogP contribution in [0.4, 0.5) is 0 Å². The molecule has 1 aliphatic carbocycles. The summed E-state index contributed by atoms with van der Waals surface area (Å²) in [7, 11) is 0. The van der Waals surface area contributed by atoms with E-state index < -0.39 is 0 Å². The molecule has 1 saturated carbocycles. The van der Waals surface area contributed by atoms with Gasteiger partial charge in [-0.2, -0.15) is 0 Å². The summed E-state index contributed by atoms with van der Waals surface area (Å²) in [5.74, 6) is 0. The Morgan fingerprint density at radius 3 is 2.36 bits per heavy atom. The Balaban J connectivity index is 2.22. The first-order valence-electron chi connectivity index (χ1n) is 4.09. The Bertz CT molecular complexity index is 141. The molecule has 0 bridgehead atoms. The van der Waals surface area contributed by atoms with Gasteiger partial charge in [-0.05, 0) is 0 Å². The van der Waals surface area contributed by atoms with Gasteiger partial charge in [0.05, 0.1) is 0 Å². The monoisotopic (exact) mass is 211 g/mol. The molecule has 0 spiro atoms. The fraction of sp³-hybridized carbons (Fsp3) is 0.875. The van der Waals surface area contributed by atoms with Crippen LogP contribution >= 0.6 is 11.6 Å². The Labute approximate surface area is 81.5 Å². The SMILES string of the molecule is C[C](=[Cr])NC1CCC(Cl)CC1. The van der Waals surface area contributed by atoms with E-state index in [9.17, 15) is 0 Å². The van der Waals surface area contributed by atoms with E-state index in [1.54, 1.807) is 0 Å². The van der Waals surface area contributed by atoms with Gasteiger partial charge < -0.3 is 0 Å². The van der Waals surface area contributed by atoms with E-state index in [1.165, 1.54) is 17.3 Å². The van der Waals surface area contributed by atoms with Crippen molar-refractivity contribution in [2.75, 3.05) is 0 Å². The van der Waals surface area contributed by atoms with Crippen molar-refractivity contribution in [1.82, 2.24) is 5.32 Å². The molecule has 0 heterocycles. The molecule has 3 heteroatoms. The van der Waals surface area contributed by atoms with Crippen molar-refractivity contribution >= 4 is 16.1 Å². The van der Waals surface area contributed by atoms with E-state index in [-0.39, 0.29) is 0 Å². The van der Waals surface area contributed by atoms with Crippen molar-refractivity contribution in [3.63, 3.8) is 0 Å². The van der Waals surface area contributed by atoms with Crippen LogP contribution in [0, 0.1) is 0 Å². The van der Waals surface area contributed by atoms with Crippen LogP contribution in [0.2, 0.25) is 0 Å².